The number of carbonyl (C=O) groups excluding carboxylic acids is 3. The van der Waals surface area contributed by atoms with Crippen molar-refractivity contribution >= 4 is 34.3 Å². The largest absolute Gasteiger partial charge is 0.383 e. The summed E-state index contributed by atoms with van der Waals surface area (Å²) in [5, 5.41) is 10.9. The summed E-state index contributed by atoms with van der Waals surface area (Å²) < 4.78 is 0. The van der Waals surface area contributed by atoms with Gasteiger partial charge in [0.15, 0.2) is 0 Å². The minimum absolute atomic E-state index is 0.152. The van der Waals surface area contributed by atoms with Crippen LogP contribution in [0.25, 0.3) is 10.8 Å². The van der Waals surface area contributed by atoms with Gasteiger partial charge < -0.3 is 21.3 Å². The van der Waals surface area contributed by atoms with Crippen LogP contribution < -0.4 is 11.5 Å². The number of aromatic nitrogens is 1. The first-order valence-electron chi connectivity index (χ1n) is 11.3. The van der Waals surface area contributed by atoms with E-state index in [1.165, 1.54) is 16.7 Å². The normalized spacial score (nSPS) is 16.0. The lowest BCUT2D eigenvalue weighted by Gasteiger charge is -2.35. The van der Waals surface area contributed by atoms with Crippen LogP contribution in [-0.2, 0) is 20.9 Å². The van der Waals surface area contributed by atoms with Crippen molar-refractivity contribution in [1.82, 2.24) is 14.8 Å². The Labute approximate surface area is 202 Å². The van der Waals surface area contributed by atoms with E-state index in [0.29, 0.717) is 36.3 Å². The molecule has 4 rings (SSSR count). The summed E-state index contributed by atoms with van der Waals surface area (Å²) in [6, 6.07) is 14.3. The number of nitrogen functional groups attached to an aromatic ring is 1. The molecule has 1 aliphatic heterocycles. The quantitative estimate of drug-likeness (QED) is 0.565. The Bertz CT molecular complexity index is 1330. The molecule has 3 aromatic rings. The molecule has 35 heavy (non-hydrogen) atoms. The summed E-state index contributed by atoms with van der Waals surface area (Å²) in [6.45, 7) is 1.94. The molecule has 0 aliphatic carbocycles. The molecule has 1 aliphatic rings. The van der Waals surface area contributed by atoms with Crippen molar-refractivity contribution in [2.75, 3.05) is 12.3 Å². The smallest absolute Gasteiger partial charge is 0.250 e. The molecular formula is C26H26N6O3. The molecule has 0 bridgehead atoms. The van der Waals surface area contributed by atoms with Crippen LogP contribution in [0.1, 0.15) is 42.5 Å². The Morgan fingerprint density at radius 2 is 1.94 bits per heavy atom. The zero-order valence-corrected chi connectivity index (χ0v) is 19.3. The van der Waals surface area contributed by atoms with Gasteiger partial charge in [-0.15, -0.1) is 0 Å². The Morgan fingerprint density at radius 3 is 2.60 bits per heavy atom. The van der Waals surface area contributed by atoms with Gasteiger partial charge in [0.2, 0.25) is 11.8 Å². The average molecular weight is 471 g/mol. The highest BCUT2D eigenvalue weighted by Gasteiger charge is 2.39. The maximum atomic E-state index is 13.8. The summed E-state index contributed by atoms with van der Waals surface area (Å²) in [5.74, 6) is -0.837. The standard InChI is InChI=1S/C26H26N6O3/c1-16(33)32(15-18-6-9-21-20(13-18)10-11-30-24(21)28)23(19-7-4-17(14-27)5-8-19)26(35)31-12-2-3-22(31)25(29)34/h4-11,13,22-23H,2-3,12,15H2,1H3,(H2,28,30)(H2,29,34)/t22-,23?/m0/s1. The Morgan fingerprint density at radius 1 is 1.20 bits per heavy atom. The van der Waals surface area contributed by atoms with Gasteiger partial charge >= 0.3 is 0 Å². The zero-order chi connectivity index (χ0) is 25.1. The lowest BCUT2D eigenvalue weighted by molar-refractivity contribution is -0.148. The van der Waals surface area contributed by atoms with Crippen molar-refractivity contribution in [2.24, 2.45) is 5.73 Å². The van der Waals surface area contributed by atoms with E-state index in [1.807, 2.05) is 24.3 Å². The molecule has 2 atom stereocenters. The highest BCUT2D eigenvalue weighted by molar-refractivity contribution is 5.93. The fraction of sp³-hybridized carbons (Fsp3) is 0.269. The third-order valence-corrected chi connectivity index (χ3v) is 6.38. The fourth-order valence-corrected chi connectivity index (χ4v) is 4.61. The van der Waals surface area contributed by atoms with Crippen LogP contribution in [-0.4, -0.2) is 45.1 Å². The topological polar surface area (TPSA) is 146 Å². The van der Waals surface area contributed by atoms with E-state index in [9.17, 15) is 19.6 Å². The number of pyridine rings is 1. The molecule has 0 spiro atoms. The zero-order valence-electron chi connectivity index (χ0n) is 19.3. The number of hydrogen-bond donors (Lipinski definition) is 2. The van der Waals surface area contributed by atoms with E-state index >= 15 is 0 Å². The van der Waals surface area contributed by atoms with Gasteiger partial charge in [0, 0.05) is 31.6 Å². The van der Waals surface area contributed by atoms with Gasteiger partial charge in [0.05, 0.1) is 11.6 Å². The molecule has 3 amide bonds. The summed E-state index contributed by atoms with van der Waals surface area (Å²) in [5.41, 5.74) is 13.3. The van der Waals surface area contributed by atoms with Crippen LogP contribution in [0.15, 0.2) is 54.7 Å². The van der Waals surface area contributed by atoms with Crippen LogP contribution in [0.3, 0.4) is 0 Å². The average Bonchev–Trinajstić information content (AvgIpc) is 3.34. The van der Waals surface area contributed by atoms with Gasteiger partial charge in [-0.1, -0.05) is 24.3 Å². The summed E-state index contributed by atoms with van der Waals surface area (Å²) in [6.07, 6.45) is 2.76. The van der Waals surface area contributed by atoms with Gasteiger partial charge in [-0.05, 0) is 53.6 Å². The second kappa shape index (κ2) is 9.81. The predicted molar refractivity (Wildman–Crippen MR) is 130 cm³/mol. The number of rotatable bonds is 6. The number of nitriles is 1. The van der Waals surface area contributed by atoms with Crippen molar-refractivity contribution < 1.29 is 14.4 Å². The monoisotopic (exact) mass is 470 g/mol. The van der Waals surface area contributed by atoms with Gasteiger partial charge in [-0.3, -0.25) is 14.4 Å². The summed E-state index contributed by atoms with van der Waals surface area (Å²) in [4.78, 5) is 45.8. The molecule has 9 nitrogen and oxygen atoms in total. The summed E-state index contributed by atoms with van der Waals surface area (Å²) in [7, 11) is 0. The molecule has 1 unspecified atom stereocenters. The van der Waals surface area contributed by atoms with Crippen molar-refractivity contribution in [1.29, 1.82) is 5.26 Å². The highest BCUT2D eigenvalue weighted by Crippen LogP contribution is 2.30. The summed E-state index contributed by atoms with van der Waals surface area (Å²) >= 11 is 0. The number of carbonyl (C=O) groups is 3. The first kappa shape index (κ1) is 23.7. The molecule has 9 heteroatoms. The van der Waals surface area contributed by atoms with Crippen molar-refractivity contribution in [3.63, 3.8) is 0 Å². The second-order valence-electron chi connectivity index (χ2n) is 8.63. The number of anilines is 1. The Hall–Kier alpha value is -4.45. The number of hydrogen-bond acceptors (Lipinski definition) is 6. The number of fused-ring (bicyclic) bond motifs is 1. The molecule has 2 heterocycles. The van der Waals surface area contributed by atoms with Crippen LogP contribution in [0.4, 0.5) is 5.82 Å². The van der Waals surface area contributed by atoms with Crippen molar-refractivity contribution in [2.45, 2.75) is 38.4 Å². The van der Waals surface area contributed by atoms with Gasteiger partial charge in [0.1, 0.15) is 17.9 Å². The number of primary amides is 1. The van der Waals surface area contributed by atoms with Gasteiger partial charge in [-0.25, -0.2) is 4.98 Å². The number of nitrogens with two attached hydrogens (primary N) is 2. The molecule has 2 aromatic carbocycles. The first-order valence-corrected chi connectivity index (χ1v) is 11.3. The SMILES string of the molecule is CC(=O)N(Cc1ccc2c(N)nccc2c1)C(C(=O)N1CCC[C@H]1C(N)=O)c1ccc(C#N)cc1. The number of nitrogens with zero attached hydrogens (tertiary/aromatic N) is 4. The van der Waals surface area contributed by atoms with E-state index in [1.54, 1.807) is 30.5 Å². The highest BCUT2D eigenvalue weighted by atomic mass is 16.2. The molecule has 1 fully saturated rings. The molecule has 178 valence electrons. The molecule has 1 aromatic heterocycles. The van der Waals surface area contributed by atoms with E-state index in [4.69, 9.17) is 11.5 Å². The Balaban J connectivity index is 1.75. The third-order valence-electron chi connectivity index (χ3n) is 6.38. The predicted octanol–water partition coefficient (Wildman–Crippen LogP) is 2.25. The molecular weight excluding hydrogens is 444 g/mol. The van der Waals surface area contributed by atoms with E-state index in [2.05, 4.69) is 11.1 Å². The van der Waals surface area contributed by atoms with Crippen molar-refractivity contribution in [3.05, 3.63) is 71.4 Å². The first-order chi connectivity index (χ1) is 16.8. The van der Waals surface area contributed by atoms with Gasteiger partial charge in [-0.2, -0.15) is 5.26 Å². The molecule has 4 N–H and O–H groups in total. The fourth-order valence-electron chi connectivity index (χ4n) is 4.61. The molecule has 0 saturated carbocycles. The number of benzene rings is 2. The molecule has 0 radical (unpaired) electrons. The molecule has 1 saturated heterocycles. The van der Waals surface area contributed by atoms with Crippen LogP contribution in [0.5, 0.6) is 0 Å². The maximum Gasteiger partial charge on any atom is 0.250 e. The van der Waals surface area contributed by atoms with Crippen LogP contribution in [0, 0.1) is 11.3 Å². The van der Waals surface area contributed by atoms with E-state index in [-0.39, 0.29) is 18.4 Å². The number of likely N-dealkylation sites (tertiary alicyclic amines) is 1. The second-order valence-corrected chi connectivity index (χ2v) is 8.63. The minimum Gasteiger partial charge on any atom is -0.383 e. The lowest BCUT2D eigenvalue weighted by Crippen LogP contribution is -2.49. The minimum atomic E-state index is -0.988. The maximum absolute atomic E-state index is 13.8. The van der Waals surface area contributed by atoms with E-state index < -0.39 is 18.0 Å². The van der Waals surface area contributed by atoms with Crippen LogP contribution in [0.2, 0.25) is 0 Å². The van der Waals surface area contributed by atoms with E-state index in [0.717, 1.165) is 16.3 Å². The van der Waals surface area contributed by atoms with Gasteiger partial charge in [0.25, 0.3) is 5.91 Å². The lowest BCUT2D eigenvalue weighted by atomic mass is 10.00. The third kappa shape index (κ3) is 4.77. The Kier molecular flexibility index (Phi) is 6.64. The van der Waals surface area contributed by atoms with Crippen molar-refractivity contribution in [3.8, 4) is 6.07 Å². The van der Waals surface area contributed by atoms with Crippen LogP contribution >= 0.6 is 0 Å². The number of amides is 3.